The van der Waals surface area contributed by atoms with Crippen molar-refractivity contribution < 1.29 is 5.11 Å². The van der Waals surface area contributed by atoms with Crippen molar-refractivity contribution in [1.29, 1.82) is 0 Å². The number of aliphatic hydroxyl groups excluding tert-OH is 1. The van der Waals surface area contributed by atoms with Gasteiger partial charge in [0, 0.05) is 5.54 Å². The van der Waals surface area contributed by atoms with Gasteiger partial charge in [0.1, 0.15) is 0 Å². The fraction of sp³-hybridized carbons (Fsp3) is 1.00. The predicted octanol–water partition coefficient (Wildman–Crippen LogP) is 0.853. The van der Waals surface area contributed by atoms with Crippen molar-refractivity contribution in [2.24, 2.45) is 0 Å². The third-order valence-electron chi connectivity index (χ3n) is 2.63. The molecule has 2 nitrogen and oxygen atoms in total. The highest BCUT2D eigenvalue weighted by atomic mass is 16.3. The van der Waals surface area contributed by atoms with Gasteiger partial charge in [-0.05, 0) is 32.9 Å². The average molecular weight is 143 g/mol. The summed E-state index contributed by atoms with van der Waals surface area (Å²) in [4.78, 5) is 2.35. The van der Waals surface area contributed by atoms with Gasteiger partial charge < -0.3 is 5.11 Å². The SMILES string of the molecule is CCN1CCCC1(C)CO. The zero-order valence-electron chi connectivity index (χ0n) is 6.93. The Balaban J connectivity index is 2.56. The fourth-order valence-electron chi connectivity index (χ4n) is 1.80. The third-order valence-corrected chi connectivity index (χ3v) is 2.63. The van der Waals surface area contributed by atoms with Crippen molar-refractivity contribution in [3.63, 3.8) is 0 Å². The molecule has 60 valence electrons. The second kappa shape index (κ2) is 2.89. The number of rotatable bonds is 2. The van der Waals surface area contributed by atoms with Gasteiger partial charge in [-0.15, -0.1) is 0 Å². The van der Waals surface area contributed by atoms with E-state index in [0.29, 0.717) is 6.61 Å². The lowest BCUT2D eigenvalue weighted by atomic mass is 10.0. The van der Waals surface area contributed by atoms with Crippen LogP contribution in [0.15, 0.2) is 0 Å². The Morgan fingerprint density at radius 3 is 2.70 bits per heavy atom. The lowest BCUT2D eigenvalue weighted by Crippen LogP contribution is -2.43. The molecule has 1 fully saturated rings. The molecule has 1 atom stereocenters. The van der Waals surface area contributed by atoms with E-state index < -0.39 is 0 Å². The van der Waals surface area contributed by atoms with Gasteiger partial charge in [0.25, 0.3) is 0 Å². The van der Waals surface area contributed by atoms with Crippen molar-refractivity contribution >= 4 is 0 Å². The maximum absolute atomic E-state index is 9.09. The largest absolute Gasteiger partial charge is 0.394 e. The van der Waals surface area contributed by atoms with Gasteiger partial charge in [0.2, 0.25) is 0 Å². The number of aliphatic hydroxyl groups is 1. The minimum absolute atomic E-state index is 0.0920. The van der Waals surface area contributed by atoms with Gasteiger partial charge in [0.05, 0.1) is 6.61 Å². The highest BCUT2D eigenvalue weighted by Gasteiger charge is 2.34. The summed E-state index contributed by atoms with van der Waals surface area (Å²) in [5.41, 5.74) is 0.0920. The second-order valence-corrected chi connectivity index (χ2v) is 3.34. The van der Waals surface area contributed by atoms with Crippen LogP contribution < -0.4 is 0 Å². The molecule has 0 amide bonds. The minimum atomic E-state index is 0.0920. The summed E-state index contributed by atoms with van der Waals surface area (Å²) in [6.45, 7) is 6.83. The third kappa shape index (κ3) is 1.18. The van der Waals surface area contributed by atoms with Gasteiger partial charge in [-0.1, -0.05) is 6.92 Å². The first-order valence-corrected chi connectivity index (χ1v) is 4.09. The second-order valence-electron chi connectivity index (χ2n) is 3.34. The molecule has 1 rings (SSSR count). The standard InChI is InChI=1S/C8H17NO/c1-3-9-6-4-5-8(9,2)7-10/h10H,3-7H2,1-2H3. The van der Waals surface area contributed by atoms with E-state index in [1.165, 1.54) is 6.42 Å². The van der Waals surface area contributed by atoms with Gasteiger partial charge in [-0.25, -0.2) is 0 Å². The Labute approximate surface area is 62.8 Å². The molecule has 1 heterocycles. The van der Waals surface area contributed by atoms with Crippen LogP contribution in [0, 0.1) is 0 Å². The van der Waals surface area contributed by atoms with E-state index in [9.17, 15) is 0 Å². The summed E-state index contributed by atoms with van der Waals surface area (Å²) in [7, 11) is 0. The molecule has 1 N–H and O–H groups in total. The van der Waals surface area contributed by atoms with Crippen LogP contribution in [0.5, 0.6) is 0 Å². The van der Waals surface area contributed by atoms with Crippen LogP contribution in [0.25, 0.3) is 0 Å². The normalized spacial score (nSPS) is 35.1. The number of likely N-dealkylation sites (N-methyl/N-ethyl adjacent to an activating group) is 1. The van der Waals surface area contributed by atoms with Crippen LogP contribution in [0.4, 0.5) is 0 Å². The van der Waals surface area contributed by atoms with E-state index in [4.69, 9.17) is 5.11 Å². The molecule has 1 unspecified atom stereocenters. The molecule has 1 aliphatic rings. The maximum atomic E-state index is 9.09. The van der Waals surface area contributed by atoms with Gasteiger partial charge in [0.15, 0.2) is 0 Å². The summed E-state index contributed by atoms with van der Waals surface area (Å²) in [6, 6.07) is 0. The van der Waals surface area contributed by atoms with Crippen molar-refractivity contribution in [2.45, 2.75) is 32.2 Å². The smallest absolute Gasteiger partial charge is 0.0612 e. The molecule has 2 heteroatoms. The fourth-order valence-corrected chi connectivity index (χ4v) is 1.80. The number of hydrogen-bond acceptors (Lipinski definition) is 2. The van der Waals surface area contributed by atoms with Crippen molar-refractivity contribution in [3.8, 4) is 0 Å². The molecular weight excluding hydrogens is 126 g/mol. The Morgan fingerprint density at radius 2 is 2.30 bits per heavy atom. The minimum Gasteiger partial charge on any atom is -0.394 e. The van der Waals surface area contributed by atoms with E-state index >= 15 is 0 Å². The summed E-state index contributed by atoms with van der Waals surface area (Å²) < 4.78 is 0. The molecule has 1 aliphatic heterocycles. The van der Waals surface area contributed by atoms with Gasteiger partial charge >= 0.3 is 0 Å². The predicted molar refractivity (Wildman–Crippen MR) is 42.0 cm³/mol. The molecule has 1 saturated heterocycles. The van der Waals surface area contributed by atoms with Gasteiger partial charge in [-0.3, -0.25) is 4.90 Å². The first-order valence-electron chi connectivity index (χ1n) is 4.09. The molecule has 0 aromatic rings. The van der Waals surface area contributed by atoms with Crippen LogP contribution in [0.3, 0.4) is 0 Å². The Bertz CT molecular complexity index is 116. The van der Waals surface area contributed by atoms with Crippen LogP contribution in [-0.4, -0.2) is 35.2 Å². The van der Waals surface area contributed by atoms with Crippen LogP contribution >= 0.6 is 0 Å². The Morgan fingerprint density at radius 1 is 1.60 bits per heavy atom. The molecular formula is C8H17NO. The zero-order valence-corrected chi connectivity index (χ0v) is 6.93. The number of likely N-dealkylation sites (tertiary alicyclic amines) is 1. The molecule has 0 aromatic heterocycles. The number of hydrogen-bond donors (Lipinski definition) is 1. The molecule has 10 heavy (non-hydrogen) atoms. The zero-order chi connectivity index (χ0) is 7.61. The lowest BCUT2D eigenvalue weighted by molar-refractivity contribution is 0.0836. The molecule has 0 spiro atoms. The molecule has 0 aliphatic carbocycles. The summed E-state index contributed by atoms with van der Waals surface area (Å²) in [5, 5.41) is 9.09. The van der Waals surface area contributed by atoms with Crippen molar-refractivity contribution in [2.75, 3.05) is 19.7 Å². The van der Waals surface area contributed by atoms with Crippen LogP contribution in [0.2, 0.25) is 0 Å². The van der Waals surface area contributed by atoms with Crippen molar-refractivity contribution in [3.05, 3.63) is 0 Å². The first-order chi connectivity index (χ1) is 4.73. The van der Waals surface area contributed by atoms with E-state index in [1.54, 1.807) is 0 Å². The van der Waals surface area contributed by atoms with Crippen molar-refractivity contribution in [1.82, 2.24) is 4.90 Å². The van der Waals surface area contributed by atoms with E-state index in [0.717, 1.165) is 19.5 Å². The highest BCUT2D eigenvalue weighted by molar-refractivity contribution is 4.90. The molecule has 0 radical (unpaired) electrons. The molecule has 0 aromatic carbocycles. The maximum Gasteiger partial charge on any atom is 0.0612 e. The highest BCUT2D eigenvalue weighted by Crippen LogP contribution is 2.27. The average Bonchev–Trinajstić information content (AvgIpc) is 2.32. The topological polar surface area (TPSA) is 23.5 Å². The molecule has 0 saturated carbocycles. The van der Waals surface area contributed by atoms with E-state index in [-0.39, 0.29) is 5.54 Å². The first kappa shape index (κ1) is 8.02. The van der Waals surface area contributed by atoms with Crippen LogP contribution in [-0.2, 0) is 0 Å². The molecule has 0 bridgehead atoms. The quantitative estimate of drug-likeness (QED) is 0.619. The summed E-state index contributed by atoms with van der Waals surface area (Å²) >= 11 is 0. The Hall–Kier alpha value is -0.0800. The van der Waals surface area contributed by atoms with E-state index in [1.807, 2.05) is 0 Å². The number of nitrogens with zero attached hydrogens (tertiary/aromatic N) is 1. The van der Waals surface area contributed by atoms with Gasteiger partial charge in [-0.2, -0.15) is 0 Å². The monoisotopic (exact) mass is 143 g/mol. The summed E-state index contributed by atoms with van der Waals surface area (Å²) in [6.07, 6.45) is 2.39. The summed E-state index contributed by atoms with van der Waals surface area (Å²) in [5.74, 6) is 0. The van der Waals surface area contributed by atoms with Crippen LogP contribution in [0.1, 0.15) is 26.7 Å². The van der Waals surface area contributed by atoms with E-state index in [2.05, 4.69) is 18.7 Å². The Kier molecular flexibility index (Phi) is 2.32. The lowest BCUT2D eigenvalue weighted by Gasteiger charge is -2.32.